The Hall–Kier alpha value is -1.69. The molecule has 2 rings (SSSR count). The first-order valence-corrected chi connectivity index (χ1v) is 8.61. The maximum atomic E-state index is 13.4. The summed E-state index contributed by atoms with van der Waals surface area (Å²) in [6.45, 7) is 1.23. The first kappa shape index (κ1) is 18.6. The summed E-state index contributed by atoms with van der Waals surface area (Å²) < 4.78 is 31.2. The first-order valence-electron chi connectivity index (χ1n) is 8.61. The Labute approximate surface area is 142 Å². The van der Waals surface area contributed by atoms with Gasteiger partial charge in [-0.25, -0.2) is 8.78 Å². The Morgan fingerprint density at radius 2 is 2.04 bits per heavy atom. The number of nitrogens with zero attached hydrogens (tertiary/aromatic N) is 1. The van der Waals surface area contributed by atoms with Crippen LogP contribution in [0.2, 0.25) is 0 Å². The van der Waals surface area contributed by atoms with Crippen molar-refractivity contribution in [3.63, 3.8) is 0 Å². The number of halogens is 2. The van der Waals surface area contributed by atoms with Gasteiger partial charge in [0.2, 0.25) is 0 Å². The topological polar surface area (TPSA) is 41.6 Å². The molecule has 0 aliphatic heterocycles. The fourth-order valence-corrected chi connectivity index (χ4v) is 3.05. The second kappa shape index (κ2) is 9.57. The van der Waals surface area contributed by atoms with Crippen molar-refractivity contribution in [2.75, 3.05) is 26.7 Å². The van der Waals surface area contributed by atoms with Crippen molar-refractivity contribution in [2.45, 2.75) is 44.6 Å². The molecule has 1 amide bonds. The van der Waals surface area contributed by atoms with E-state index < -0.39 is 11.6 Å². The molecule has 134 valence electrons. The molecule has 0 unspecified atom stereocenters. The van der Waals surface area contributed by atoms with Crippen molar-refractivity contribution in [1.29, 1.82) is 0 Å². The average Bonchev–Trinajstić information content (AvgIpc) is 2.58. The van der Waals surface area contributed by atoms with E-state index in [1.54, 1.807) is 0 Å². The van der Waals surface area contributed by atoms with Crippen LogP contribution in [0.15, 0.2) is 18.2 Å². The minimum absolute atomic E-state index is 0.122. The predicted octanol–water partition coefficient (Wildman–Crippen LogP) is 3.11. The maximum absolute atomic E-state index is 13.4. The largest absolute Gasteiger partial charge is 0.481 e. The number of ether oxygens (including phenoxy) is 1. The van der Waals surface area contributed by atoms with Crippen LogP contribution in [0.1, 0.15) is 38.5 Å². The summed E-state index contributed by atoms with van der Waals surface area (Å²) in [6, 6.07) is 3.67. The number of carbonyl (C=O) groups excluding carboxylic acids is 1. The van der Waals surface area contributed by atoms with E-state index >= 15 is 0 Å². The highest BCUT2D eigenvalue weighted by Gasteiger charge is 2.17. The van der Waals surface area contributed by atoms with Gasteiger partial charge in [-0.3, -0.25) is 4.79 Å². The van der Waals surface area contributed by atoms with Crippen LogP contribution in [0.3, 0.4) is 0 Å². The molecule has 1 aliphatic carbocycles. The Morgan fingerprint density at radius 3 is 2.75 bits per heavy atom. The number of amides is 1. The molecule has 1 aromatic rings. The molecule has 0 saturated heterocycles. The summed E-state index contributed by atoms with van der Waals surface area (Å²) in [5.41, 5.74) is 0. The van der Waals surface area contributed by atoms with Crippen molar-refractivity contribution in [1.82, 2.24) is 10.2 Å². The number of rotatable bonds is 8. The molecule has 0 spiro atoms. The van der Waals surface area contributed by atoms with Gasteiger partial charge in [0.05, 0.1) is 0 Å². The summed E-state index contributed by atoms with van der Waals surface area (Å²) in [5.74, 6) is -1.91. The zero-order valence-electron chi connectivity index (χ0n) is 14.2. The van der Waals surface area contributed by atoms with Crippen LogP contribution < -0.4 is 10.1 Å². The predicted molar refractivity (Wildman–Crippen MR) is 89.0 cm³/mol. The molecule has 0 radical (unpaired) electrons. The normalized spacial score (nSPS) is 15.5. The molecule has 0 bridgehead atoms. The van der Waals surface area contributed by atoms with E-state index in [4.69, 9.17) is 4.74 Å². The quantitative estimate of drug-likeness (QED) is 0.740. The van der Waals surface area contributed by atoms with E-state index in [9.17, 15) is 13.6 Å². The van der Waals surface area contributed by atoms with Crippen molar-refractivity contribution >= 4 is 5.91 Å². The number of hydrogen-bond donors (Lipinski definition) is 1. The SMILES string of the molecule is CN(CCCNC(=O)COc1ccc(F)cc1F)C1CCCCC1. The average molecular weight is 340 g/mol. The lowest BCUT2D eigenvalue weighted by molar-refractivity contribution is -0.123. The molecule has 1 aromatic carbocycles. The van der Waals surface area contributed by atoms with Crippen molar-refractivity contribution in [3.8, 4) is 5.75 Å². The molecule has 24 heavy (non-hydrogen) atoms. The van der Waals surface area contributed by atoms with Gasteiger partial charge in [0, 0.05) is 18.7 Å². The number of hydrogen-bond acceptors (Lipinski definition) is 3. The van der Waals surface area contributed by atoms with Crippen LogP contribution in [-0.2, 0) is 4.79 Å². The molecule has 1 N–H and O–H groups in total. The van der Waals surface area contributed by atoms with Crippen LogP contribution >= 0.6 is 0 Å². The van der Waals surface area contributed by atoms with Gasteiger partial charge in [-0.05, 0) is 45.0 Å². The molecule has 1 saturated carbocycles. The van der Waals surface area contributed by atoms with Gasteiger partial charge < -0.3 is 15.0 Å². The van der Waals surface area contributed by atoms with Gasteiger partial charge in [-0.2, -0.15) is 0 Å². The lowest BCUT2D eigenvalue weighted by Gasteiger charge is -2.31. The second-order valence-corrected chi connectivity index (χ2v) is 6.34. The molecule has 1 fully saturated rings. The molecule has 4 nitrogen and oxygen atoms in total. The molecule has 6 heteroatoms. The fraction of sp³-hybridized carbons (Fsp3) is 0.611. The lowest BCUT2D eigenvalue weighted by atomic mass is 9.94. The maximum Gasteiger partial charge on any atom is 0.257 e. The Kier molecular flexibility index (Phi) is 7.43. The number of nitrogens with one attached hydrogen (secondary N) is 1. The molecule has 0 aromatic heterocycles. The smallest absolute Gasteiger partial charge is 0.257 e. The van der Waals surface area contributed by atoms with Crippen LogP contribution in [0.25, 0.3) is 0 Å². The van der Waals surface area contributed by atoms with E-state index in [1.807, 2.05) is 0 Å². The van der Waals surface area contributed by atoms with Crippen LogP contribution in [-0.4, -0.2) is 43.6 Å². The summed E-state index contributed by atoms with van der Waals surface area (Å²) in [4.78, 5) is 14.1. The van der Waals surface area contributed by atoms with Crippen LogP contribution in [0, 0.1) is 11.6 Å². The molecule has 0 atom stereocenters. The minimum Gasteiger partial charge on any atom is -0.481 e. The zero-order valence-corrected chi connectivity index (χ0v) is 14.2. The zero-order chi connectivity index (χ0) is 17.4. The third-order valence-electron chi connectivity index (χ3n) is 4.46. The van der Waals surface area contributed by atoms with E-state index in [0.29, 0.717) is 12.6 Å². The van der Waals surface area contributed by atoms with E-state index in [-0.39, 0.29) is 18.3 Å². The van der Waals surface area contributed by atoms with Gasteiger partial charge in [0.15, 0.2) is 18.2 Å². The molecule has 0 heterocycles. The van der Waals surface area contributed by atoms with Crippen molar-refractivity contribution in [3.05, 3.63) is 29.8 Å². The Morgan fingerprint density at radius 1 is 1.29 bits per heavy atom. The number of carbonyl (C=O) groups is 1. The number of benzene rings is 1. The summed E-state index contributed by atoms with van der Waals surface area (Å²) >= 11 is 0. The first-order chi connectivity index (χ1) is 11.6. The molecule has 1 aliphatic rings. The van der Waals surface area contributed by atoms with Crippen LogP contribution in [0.4, 0.5) is 8.78 Å². The van der Waals surface area contributed by atoms with Gasteiger partial charge >= 0.3 is 0 Å². The minimum atomic E-state index is -0.808. The fourth-order valence-electron chi connectivity index (χ4n) is 3.05. The third kappa shape index (κ3) is 6.07. The third-order valence-corrected chi connectivity index (χ3v) is 4.46. The highest BCUT2D eigenvalue weighted by Crippen LogP contribution is 2.21. The molecular weight excluding hydrogens is 314 g/mol. The van der Waals surface area contributed by atoms with Crippen molar-refractivity contribution in [2.24, 2.45) is 0 Å². The standard InChI is InChI=1S/C18H26F2N2O2/c1-22(15-6-3-2-4-7-15)11-5-10-21-18(23)13-24-17-9-8-14(19)12-16(17)20/h8-9,12,15H,2-7,10-11,13H2,1H3,(H,21,23). The summed E-state index contributed by atoms with van der Waals surface area (Å²) in [6.07, 6.45) is 7.35. The van der Waals surface area contributed by atoms with Gasteiger partial charge in [-0.15, -0.1) is 0 Å². The van der Waals surface area contributed by atoms with E-state index in [1.165, 1.54) is 38.2 Å². The van der Waals surface area contributed by atoms with E-state index in [2.05, 4.69) is 17.3 Å². The second-order valence-electron chi connectivity index (χ2n) is 6.34. The monoisotopic (exact) mass is 340 g/mol. The highest BCUT2D eigenvalue weighted by molar-refractivity contribution is 5.77. The highest BCUT2D eigenvalue weighted by atomic mass is 19.1. The van der Waals surface area contributed by atoms with Gasteiger partial charge in [0.25, 0.3) is 5.91 Å². The van der Waals surface area contributed by atoms with Crippen LogP contribution in [0.5, 0.6) is 5.75 Å². The Bertz CT molecular complexity index is 534. The Balaban J connectivity index is 1.59. The van der Waals surface area contributed by atoms with Gasteiger partial charge in [0.1, 0.15) is 5.82 Å². The van der Waals surface area contributed by atoms with E-state index in [0.717, 1.165) is 25.1 Å². The summed E-state index contributed by atoms with van der Waals surface area (Å²) in [7, 11) is 2.14. The summed E-state index contributed by atoms with van der Waals surface area (Å²) in [5, 5.41) is 2.75. The molecular formula is C18H26F2N2O2. The van der Waals surface area contributed by atoms with Gasteiger partial charge in [-0.1, -0.05) is 19.3 Å². The van der Waals surface area contributed by atoms with Crippen molar-refractivity contribution < 1.29 is 18.3 Å². The lowest BCUT2D eigenvalue weighted by Crippen LogP contribution is -2.36.